The Morgan fingerprint density at radius 2 is 2.00 bits per heavy atom. The number of ether oxygens (including phenoxy) is 1. The van der Waals surface area contributed by atoms with Gasteiger partial charge >= 0.3 is 7.60 Å². The summed E-state index contributed by atoms with van der Waals surface area (Å²) < 4.78 is 44.5. The number of carbonyl (C=O) groups excluding carboxylic acids is 1. The van der Waals surface area contributed by atoms with E-state index in [0.717, 1.165) is 30.9 Å². The summed E-state index contributed by atoms with van der Waals surface area (Å²) in [7, 11) is -9.87. The van der Waals surface area contributed by atoms with Crippen molar-refractivity contribution in [1.29, 1.82) is 0 Å². The van der Waals surface area contributed by atoms with Crippen LogP contribution in [0.4, 0.5) is 5.82 Å². The third kappa shape index (κ3) is 5.97. The molecule has 1 amide bonds. The Morgan fingerprint density at radius 3 is 2.61 bits per heavy atom. The van der Waals surface area contributed by atoms with E-state index in [-0.39, 0.29) is 17.0 Å². The highest BCUT2D eigenvalue weighted by Gasteiger charge is 2.50. The number of aliphatic hydroxyl groups is 2. The van der Waals surface area contributed by atoms with E-state index in [4.69, 9.17) is 16.3 Å². The Balaban J connectivity index is 1.59. The summed E-state index contributed by atoms with van der Waals surface area (Å²) in [6.45, 7) is 2.35. The maximum absolute atomic E-state index is 12.9. The van der Waals surface area contributed by atoms with Gasteiger partial charge in [-0.25, -0.2) is 13.1 Å². The molecule has 1 saturated heterocycles. The lowest BCUT2D eigenvalue weighted by Crippen LogP contribution is -2.42. The third-order valence-electron chi connectivity index (χ3n) is 6.90. The number of nitrogens with zero attached hydrogens (tertiary/aromatic N) is 4. The Morgan fingerprint density at radius 1 is 1.29 bits per heavy atom. The van der Waals surface area contributed by atoms with E-state index in [1.807, 2.05) is 0 Å². The number of sulfone groups is 1. The smallest absolute Gasteiger partial charge is 0.345 e. The van der Waals surface area contributed by atoms with E-state index in [0.29, 0.717) is 17.1 Å². The van der Waals surface area contributed by atoms with Gasteiger partial charge in [0.15, 0.2) is 26.7 Å². The second kappa shape index (κ2) is 10.9. The highest BCUT2D eigenvalue weighted by molar-refractivity contribution is 7.98. The van der Waals surface area contributed by atoms with Crippen molar-refractivity contribution in [2.45, 2.75) is 68.7 Å². The molecule has 2 aliphatic rings. The zero-order valence-corrected chi connectivity index (χ0v) is 23.0. The van der Waals surface area contributed by atoms with Gasteiger partial charge in [-0.1, -0.05) is 13.3 Å². The van der Waals surface area contributed by atoms with Crippen molar-refractivity contribution >= 4 is 51.8 Å². The number of carbonyl (C=O) groups is 1. The van der Waals surface area contributed by atoms with Crippen LogP contribution in [0.3, 0.4) is 0 Å². The fourth-order valence-electron chi connectivity index (χ4n) is 4.83. The minimum absolute atomic E-state index is 0.109. The second-order valence-corrected chi connectivity index (χ2v) is 14.4. The zero-order chi connectivity index (χ0) is 28.0. The first kappa shape index (κ1) is 29.1. The van der Waals surface area contributed by atoms with Crippen LogP contribution >= 0.6 is 19.2 Å². The molecular weight excluding hydrogens is 567 g/mol. The fourth-order valence-corrected chi connectivity index (χ4v) is 8.54. The number of fused-ring (bicyclic) bond motifs is 1. The largest absolute Gasteiger partial charge is 0.387 e. The lowest BCUT2D eigenvalue weighted by atomic mass is 10.1. The standard InChI is InChI=1S/C20H30ClN6O9PS/c1-9-4-3-5-12(9)24-17-11-6-23-27(18(11)26-20(21)25-17)19-16(30)15(29)13(36-19)8-38(34,35)14(37(31,32)33)7-22-10(2)28/h6,9,12-16,19,29-30H,3-5,7-8H2,1-2H3,(H,22,28)(H,24,25,26)(H2,31,32,33)/t9?,12?,13-,14?,15-,16-,19-/m1/s1. The first-order valence-corrected chi connectivity index (χ1v) is 15.7. The number of aromatic nitrogens is 4. The van der Waals surface area contributed by atoms with E-state index in [1.165, 1.54) is 6.20 Å². The van der Waals surface area contributed by atoms with Crippen LogP contribution < -0.4 is 10.6 Å². The number of rotatable bonds is 9. The van der Waals surface area contributed by atoms with Crippen molar-refractivity contribution in [3.05, 3.63) is 11.5 Å². The molecular formula is C20H30ClN6O9PS. The summed E-state index contributed by atoms with van der Waals surface area (Å²) in [5.74, 6) is -0.888. The molecule has 7 atom stereocenters. The van der Waals surface area contributed by atoms with Crippen LogP contribution in [0.15, 0.2) is 6.20 Å². The quantitative estimate of drug-likeness (QED) is 0.162. The van der Waals surface area contributed by atoms with Crippen molar-refractivity contribution in [3.63, 3.8) is 0 Å². The Kier molecular flexibility index (Phi) is 8.36. The highest BCUT2D eigenvalue weighted by atomic mass is 35.5. The van der Waals surface area contributed by atoms with Gasteiger partial charge < -0.3 is 35.4 Å². The van der Waals surface area contributed by atoms with Gasteiger partial charge in [0.1, 0.15) is 24.1 Å². The van der Waals surface area contributed by atoms with Gasteiger partial charge in [0.2, 0.25) is 11.2 Å². The molecule has 212 valence electrons. The number of aliphatic hydroxyl groups excluding tert-OH is 2. The Bertz CT molecular complexity index is 1350. The van der Waals surface area contributed by atoms with Crippen LogP contribution in [0.2, 0.25) is 5.28 Å². The average molecular weight is 597 g/mol. The maximum Gasteiger partial charge on any atom is 0.345 e. The van der Waals surface area contributed by atoms with E-state index in [2.05, 4.69) is 32.6 Å². The molecule has 0 spiro atoms. The monoisotopic (exact) mass is 596 g/mol. The molecule has 0 bridgehead atoms. The molecule has 2 aromatic heterocycles. The second-order valence-electron chi connectivity index (χ2n) is 9.68. The average Bonchev–Trinajstić information content (AvgIpc) is 3.46. The summed E-state index contributed by atoms with van der Waals surface area (Å²) in [5, 5.41) is 31.3. The molecule has 2 fully saturated rings. The van der Waals surface area contributed by atoms with Crippen LogP contribution in [-0.4, -0.2) is 95.7 Å². The first-order valence-electron chi connectivity index (χ1n) is 11.9. The van der Waals surface area contributed by atoms with Crippen LogP contribution in [0.25, 0.3) is 11.0 Å². The molecule has 4 rings (SSSR count). The third-order valence-corrected chi connectivity index (χ3v) is 11.6. The molecule has 1 saturated carbocycles. The van der Waals surface area contributed by atoms with Crippen molar-refractivity contribution < 1.29 is 42.5 Å². The van der Waals surface area contributed by atoms with Crippen LogP contribution in [0, 0.1) is 5.92 Å². The lowest BCUT2D eigenvalue weighted by molar-refractivity contribution is -0.118. The summed E-state index contributed by atoms with van der Waals surface area (Å²) in [5.41, 5.74) is 0.164. The van der Waals surface area contributed by atoms with Gasteiger partial charge in [-0.3, -0.25) is 9.36 Å². The van der Waals surface area contributed by atoms with Crippen molar-refractivity contribution in [2.24, 2.45) is 5.92 Å². The summed E-state index contributed by atoms with van der Waals surface area (Å²) in [4.78, 5) is 36.5. The van der Waals surface area contributed by atoms with Gasteiger partial charge in [0, 0.05) is 19.5 Å². The zero-order valence-electron chi connectivity index (χ0n) is 20.5. The van der Waals surface area contributed by atoms with E-state index in [9.17, 15) is 37.8 Å². The first-order chi connectivity index (χ1) is 17.7. The normalized spacial score (nSPS) is 29.0. The summed E-state index contributed by atoms with van der Waals surface area (Å²) in [6.07, 6.45) is -1.87. The number of hydrogen-bond acceptors (Lipinski definition) is 11. The molecule has 6 N–H and O–H groups in total. The molecule has 38 heavy (non-hydrogen) atoms. The lowest BCUT2D eigenvalue weighted by Gasteiger charge is -2.22. The van der Waals surface area contributed by atoms with Gasteiger partial charge in [0.05, 0.1) is 17.3 Å². The maximum atomic E-state index is 12.9. The molecule has 2 aromatic rings. The number of nitrogens with one attached hydrogen (secondary N) is 2. The predicted octanol–water partition coefficient (Wildman–Crippen LogP) is -0.246. The van der Waals surface area contributed by atoms with Crippen molar-refractivity contribution in [2.75, 3.05) is 17.6 Å². The molecule has 1 aliphatic heterocycles. The molecule has 3 unspecified atom stereocenters. The molecule has 18 heteroatoms. The predicted molar refractivity (Wildman–Crippen MR) is 135 cm³/mol. The van der Waals surface area contributed by atoms with E-state index < -0.39 is 65.2 Å². The summed E-state index contributed by atoms with van der Waals surface area (Å²) >= 11 is 6.15. The molecule has 0 radical (unpaired) electrons. The number of anilines is 1. The van der Waals surface area contributed by atoms with E-state index >= 15 is 0 Å². The van der Waals surface area contributed by atoms with Crippen LogP contribution in [0.5, 0.6) is 0 Å². The van der Waals surface area contributed by atoms with E-state index in [1.54, 1.807) is 0 Å². The highest BCUT2D eigenvalue weighted by Crippen LogP contribution is 2.45. The van der Waals surface area contributed by atoms with Crippen LogP contribution in [-0.2, 0) is 23.9 Å². The van der Waals surface area contributed by atoms with Gasteiger partial charge in [-0.2, -0.15) is 15.1 Å². The number of halogens is 1. The van der Waals surface area contributed by atoms with Crippen LogP contribution in [0.1, 0.15) is 39.3 Å². The molecule has 1 aliphatic carbocycles. The molecule has 3 heterocycles. The minimum atomic E-state index is -5.23. The van der Waals surface area contributed by atoms with Crippen molar-refractivity contribution in [1.82, 2.24) is 25.1 Å². The summed E-state index contributed by atoms with van der Waals surface area (Å²) in [6, 6.07) is 0.164. The Labute approximate surface area is 223 Å². The number of amides is 1. The van der Waals surface area contributed by atoms with Gasteiger partial charge in [-0.15, -0.1) is 0 Å². The fraction of sp³-hybridized carbons (Fsp3) is 0.700. The minimum Gasteiger partial charge on any atom is -0.387 e. The van der Waals surface area contributed by atoms with Crippen molar-refractivity contribution in [3.8, 4) is 0 Å². The molecule has 15 nitrogen and oxygen atoms in total. The van der Waals surface area contributed by atoms with Gasteiger partial charge in [-0.05, 0) is 30.4 Å². The number of hydrogen-bond donors (Lipinski definition) is 6. The molecule has 0 aromatic carbocycles. The SMILES string of the molecule is CC(=O)NCC(P(=O)(O)O)S(=O)(=O)C[C@H]1O[C@@H](n2ncc3c(NC4CCCC4C)nc(Cl)nc32)[C@H](O)[C@@H]1O. The van der Waals surface area contributed by atoms with Gasteiger partial charge in [0.25, 0.3) is 0 Å². The topological polar surface area (TPSA) is 226 Å². The Hall–Kier alpha value is -1.91.